The molecule has 14 heavy (non-hydrogen) atoms. The van der Waals surface area contributed by atoms with Gasteiger partial charge in [0.2, 0.25) is 0 Å². The number of rotatable bonds is 4. The molecule has 1 heterocycles. The third-order valence-electron chi connectivity index (χ3n) is 1.50. The fraction of sp³-hybridized carbons (Fsp3) is 0.455. The Morgan fingerprint density at radius 3 is 2.36 bits per heavy atom. The SMILES string of the molecule is CC.CC(=O)CCC(=O)c1cccs1. The average Bonchev–Trinajstić information content (AvgIpc) is 2.70. The highest BCUT2D eigenvalue weighted by molar-refractivity contribution is 7.12. The maximum absolute atomic E-state index is 11.3. The van der Waals surface area contributed by atoms with Crippen LogP contribution in [0.3, 0.4) is 0 Å². The van der Waals surface area contributed by atoms with Crippen LogP contribution in [-0.2, 0) is 4.79 Å². The van der Waals surface area contributed by atoms with E-state index in [9.17, 15) is 9.59 Å². The standard InChI is InChI=1S/C9H10O2S.C2H6/c1-7(10)4-5-8(11)9-3-2-6-12-9;1-2/h2-3,6H,4-5H2,1H3;1-2H3. The molecule has 0 N–H and O–H groups in total. The number of carbonyl (C=O) groups excluding carboxylic acids is 2. The Morgan fingerprint density at radius 2 is 1.93 bits per heavy atom. The average molecular weight is 212 g/mol. The molecular weight excluding hydrogens is 196 g/mol. The lowest BCUT2D eigenvalue weighted by Gasteiger charge is -1.93. The quantitative estimate of drug-likeness (QED) is 0.717. The number of ketones is 2. The molecule has 2 nitrogen and oxygen atoms in total. The Hall–Kier alpha value is -0.960. The molecule has 78 valence electrons. The van der Waals surface area contributed by atoms with Gasteiger partial charge in [0.25, 0.3) is 0 Å². The van der Waals surface area contributed by atoms with Crippen LogP contribution in [0.2, 0.25) is 0 Å². The zero-order valence-corrected chi connectivity index (χ0v) is 9.69. The first kappa shape index (κ1) is 13.0. The molecule has 0 aliphatic rings. The minimum atomic E-state index is 0.0694. The summed E-state index contributed by atoms with van der Waals surface area (Å²) in [4.78, 5) is 22.6. The molecule has 0 aliphatic carbocycles. The molecule has 1 rings (SSSR count). The Morgan fingerprint density at radius 1 is 1.29 bits per heavy atom. The van der Waals surface area contributed by atoms with E-state index in [1.165, 1.54) is 18.3 Å². The zero-order chi connectivity index (χ0) is 11.0. The number of Topliss-reactive ketones (excluding diaryl/α,β-unsaturated/α-hetero) is 2. The van der Waals surface area contributed by atoms with E-state index >= 15 is 0 Å². The summed E-state index contributed by atoms with van der Waals surface area (Å²) in [7, 11) is 0. The van der Waals surface area contributed by atoms with Crippen molar-refractivity contribution in [2.75, 3.05) is 0 Å². The van der Waals surface area contributed by atoms with Crippen LogP contribution in [0.15, 0.2) is 17.5 Å². The van der Waals surface area contributed by atoms with Gasteiger partial charge < -0.3 is 4.79 Å². The summed E-state index contributed by atoms with van der Waals surface area (Å²) in [6.45, 7) is 5.50. The van der Waals surface area contributed by atoms with E-state index in [4.69, 9.17) is 0 Å². The van der Waals surface area contributed by atoms with Gasteiger partial charge in [-0.25, -0.2) is 0 Å². The maximum Gasteiger partial charge on any atom is 0.173 e. The summed E-state index contributed by atoms with van der Waals surface area (Å²) >= 11 is 1.42. The van der Waals surface area contributed by atoms with Crippen LogP contribution in [0.25, 0.3) is 0 Å². The Kier molecular flexibility index (Phi) is 6.93. The lowest BCUT2D eigenvalue weighted by atomic mass is 10.1. The van der Waals surface area contributed by atoms with Gasteiger partial charge in [-0.2, -0.15) is 0 Å². The maximum atomic E-state index is 11.3. The number of carbonyl (C=O) groups is 2. The van der Waals surface area contributed by atoms with Crippen molar-refractivity contribution in [3.8, 4) is 0 Å². The third kappa shape index (κ3) is 4.92. The van der Waals surface area contributed by atoms with Crippen LogP contribution in [-0.4, -0.2) is 11.6 Å². The van der Waals surface area contributed by atoms with Crippen molar-refractivity contribution in [3.63, 3.8) is 0 Å². The second kappa shape index (κ2) is 7.44. The van der Waals surface area contributed by atoms with Crippen molar-refractivity contribution in [2.45, 2.75) is 33.6 Å². The fourth-order valence-electron chi connectivity index (χ4n) is 0.850. The second-order valence-corrected chi connectivity index (χ2v) is 3.55. The molecule has 0 saturated heterocycles. The van der Waals surface area contributed by atoms with Gasteiger partial charge in [0, 0.05) is 12.8 Å². The van der Waals surface area contributed by atoms with Crippen LogP contribution >= 0.6 is 11.3 Å². The molecule has 1 aromatic heterocycles. The Labute approximate surface area is 89.0 Å². The normalized spacial score (nSPS) is 8.79. The number of thiophene rings is 1. The minimum Gasteiger partial charge on any atom is -0.300 e. The van der Waals surface area contributed by atoms with E-state index in [-0.39, 0.29) is 11.6 Å². The molecule has 3 heteroatoms. The highest BCUT2D eigenvalue weighted by atomic mass is 32.1. The number of hydrogen-bond acceptors (Lipinski definition) is 3. The summed E-state index contributed by atoms with van der Waals surface area (Å²) in [6.07, 6.45) is 0.701. The first-order valence-electron chi connectivity index (χ1n) is 4.76. The van der Waals surface area contributed by atoms with Crippen LogP contribution in [0.4, 0.5) is 0 Å². The first-order chi connectivity index (χ1) is 6.70. The van der Waals surface area contributed by atoms with Crippen molar-refractivity contribution >= 4 is 22.9 Å². The molecule has 0 radical (unpaired) electrons. The van der Waals surface area contributed by atoms with Crippen LogP contribution in [0.1, 0.15) is 43.3 Å². The largest absolute Gasteiger partial charge is 0.300 e. The van der Waals surface area contributed by atoms with E-state index in [1.54, 1.807) is 6.07 Å². The zero-order valence-electron chi connectivity index (χ0n) is 8.87. The van der Waals surface area contributed by atoms with E-state index < -0.39 is 0 Å². The lowest BCUT2D eigenvalue weighted by molar-refractivity contribution is -0.116. The Balaban J connectivity index is 0.000000791. The first-order valence-corrected chi connectivity index (χ1v) is 5.64. The van der Waals surface area contributed by atoms with Crippen LogP contribution in [0, 0.1) is 0 Å². The smallest absolute Gasteiger partial charge is 0.173 e. The summed E-state index contributed by atoms with van der Waals surface area (Å²) in [5.74, 6) is 0.139. The third-order valence-corrected chi connectivity index (χ3v) is 2.41. The molecule has 0 amide bonds. The highest BCUT2D eigenvalue weighted by Gasteiger charge is 2.06. The topological polar surface area (TPSA) is 34.1 Å². The summed E-state index contributed by atoms with van der Waals surface area (Å²) in [5, 5.41) is 1.86. The van der Waals surface area contributed by atoms with Gasteiger partial charge in [0.15, 0.2) is 5.78 Å². The van der Waals surface area contributed by atoms with E-state index in [0.717, 1.165) is 4.88 Å². The summed E-state index contributed by atoms with van der Waals surface area (Å²) in [5.41, 5.74) is 0. The van der Waals surface area contributed by atoms with Gasteiger partial charge in [0.05, 0.1) is 4.88 Å². The molecule has 0 spiro atoms. The molecule has 0 saturated carbocycles. The fourth-order valence-corrected chi connectivity index (χ4v) is 1.54. The van der Waals surface area contributed by atoms with Gasteiger partial charge in [-0.15, -0.1) is 11.3 Å². The lowest BCUT2D eigenvalue weighted by Crippen LogP contribution is -1.99. The molecule has 0 aromatic carbocycles. The minimum absolute atomic E-state index is 0.0694. The van der Waals surface area contributed by atoms with E-state index in [2.05, 4.69) is 0 Å². The van der Waals surface area contributed by atoms with Crippen molar-refractivity contribution in [1.82, 2.24) is 0 Å². The highest BCUT2D eigenvalue weighted by Crippen LogP contribution is 2.12. The van der Waals surface area contributed by atoms with Crippen LogP contribution in [0.5, 0.6) is 0 Å². The van der Waals surface area contributed by atoms with E-state index in [1.807, 2.05) is 25.3 Å². The Bertz CT molecular complexity index is 275. The molecule has 0 fully saturated rings. The molecule has 0 aliphatic heterocycles. The van der Waals surface area contributed by atoms with Gasteiger partial charge in [0.1, 0.15) is 5.78 Å². The monoisotopic (exact) mass is 212 g/mol. The second-order valence-electron chi connectivity index (χ2n) is 2.60. The van der Waals surface area contributed by atoms with Crippen molar-refractivity contribution in [2.24, 2.45) is 0 Å². The van der Waals surface area contributed by atoms with Gasteiger partial charge in [-0.3, -0.25) is 4.79 Å². The summed E-state index contributed by atoms with van der Waals surface area (Å²) < 4.78 is 0. The van der Waals surface area contributed by atoms with Crippen molar-refractivity contribution in [3.05, 3.63) is 22.4 Å². The molecule has 0 unspecified atom stereocenters. The van der Waals surface area contributed by atoms with E-state index in [0.29, 0.717) is 12.8 Å². The van der Waals surface area contributed by atoms with Gasteiger partial charge >= 0.3 is 0 Å². The van der Waals surface area contributed by atoms with Crippen molar-refractivity contribution < 1.29 is 9.59 Å². The summed E-state index contributed by atoms with van der Waals surface area (Å²) in [6, 6.07) is 3.62. The predicted molar refractivity (Wildman–Crippen MR) is 59.9 cm³/mol. The molecule has 0 bridgehead atoms. The molecule has 1 aromatic rings. The number of hydrogen-bond donors (Lipinski definition) is 0. The van der Waals surface area contributed by atoms with Gasteiger partial charge in [-0.1, -0.05) is 19.9 Å². The predicted octanol–water partition coefficient (Wildman–Crippen LogP) is 3.33. The van der Waals surface area contributed by atoms with Gasteiger partial charge in [-0.05, 0) is 18.4 Å². The van der Waals surface area contributed by atoms with Crippen molar-refractivity contribution in [1.29, 1.82) is 0 Å². The molecule has 0 atom stereocenters. The van der Waals surface area contributed by atoms with Crippen LogP contribution < -0.4 is 0 Å². The molecular formula is C11H16O2S.